The highest BCUT2D eigenvalue weighted by molar-refractivity contribution is 5.94. The minimum absolute atomic E-state index is 0. The van der Waals surface area contributed by atoms with Crippen molar-refractivity contribution in [2.75, 3.05) is 39.8 Å². The molecule has 0 atom stereocenters. The summed E-state index contributed by atoms with van der Waals surface area (Å²) in [5, 5.41) is 2.78. The standard InChI is InChI=1S/C15H18F3N3O2.ClH/c1-19-10-13(22)20-6-8-21(9-7-20)14(23)11-2-4-12(5-3-11)15(16,17)18;/h2-5,19H,6-10H2,1H3;1H. The number of nitrogens with zero attached hydrogens (tertiary/aromatic N) is 2. The predicted octanol–water partition coefficient (Wildman–Crippen LogP) is 1.63. The van der Waals surface area contributed by atoms with E-state index in [1.807, 2.05) is 0 Å². The molecule has 134 valence electrons. The number of halogens is 4. The molecule has 1 aromatic rings. The summed E-state index contributed by atoms with van der Waals surface area (Å²) in [6, 6.07) is 4.17. The van der Waals surface area contributed by atoms with E-state index < -0.39 is 11.7 Å². The topological polar surface area (TPSA) is 52.7 Å². The van der Waals surface area contributed by atoms with Crippen molar-refractivity contribution in [2.24, 2.45) is 0 Å². The third kappa shape index (κ3) is 4.85. The summed E-state index contributed by atoms with van der Waals surface area (Å²) >= 11 is 0. The zero-order valence-electron chi connectivity index (χ0n) is 13.1. The Morgan fingerprint density at radius 2 is 1.54 bits per heavy atom. The number of amides is 2. The molecule has 0 saturated carbocycles. The van der Waals surface area contributed by atoms with Crippen molar-refractivity contribution in [3.05, 3.63) is 35.4 Å². The van der Waals surface area contributed by atoms with Gasteiger partial charge in [-0.15, -0.1) is 12.4 Å². The van der Waals surface area contributed by atoms with Gasteiger partial charge in [-0.05, 0) is 31.3 Å². The number of carbonyl (C=O) groups excluding carboxylic acids is 2. The van der Waals surface area contributed by atoms with Gasteiger partial charge in [0, 0.05) is 31.7 Å². The van der Waals surface area contributed by atoms with Crippen molar-refractivity contribution in [2.45, 2.75) is 6.18 Å². The molecule has 1 aromatic carbocycles. The monoisotopic (exact) mass is 365 g/mol. The Morgan fingerprint density at radius 3 is 2.00 bits per heavy atom. The van der Waals surface area contributed by atoms with Crippen LogP contribution in [0.4, 0.5) is 13.2 Å². The van der Waals surface area contributed by atoms with Crippen molar-refractivity contribution in [1.29, 1.82) is 0 Å². The van der Waals surface area contributed by atoms with Gasteiger partial charge in [-0.2, -0.15) is 13.2 Å². The Labute approximate surface area is 144 Å². The maximum Gasteiger partial charge on any atom is 0.416 e. The number of piperazine rings is 1. The number of likely N-dealkylation sites (N-methyl/N-ethyl adjacent to an activating group) is 1. The van der Waals surface area contributed by atoms with Crippen LogP contribution in [0.5, 0.6) is 0 Å². The zero-order chi connectivity index (χ0) is 17.0. The van der Waals surface area contributed by atoms with Crippen LogP contribution in [-0.2, 0) is 11.0 Å². The van der Waals surface area contributed by atoms with Crippen LogP contribution in [0.3, 0.4) is 0 Å². The molecule has 0 spiro atoms. The van der Waals surface area contributed by atoms with E-state index in [9.17, 15) is 22.8 Å². The van der Waals surface area contributed by atoms with Gasteiger partial charge in [0.1, 0.15) is 0 Å². The van der Waals surface area contributed by atoms with E-state index in [0.29, 0.717) is 26.2 Å². The van der Waals surface area contributed by atoms with E-state index in [2.05, 4.69) is 5.32 Å². The summed E-state index contributed by atoms with van der Waals surface area (Å²) in [6.07, 6.45) is -4.42. The smallest absolute Gasteiger partial charge is 0.338 e. The fraction of sp³-hybridized carbons (Fsp3) is 0.467. The molecular weight excluding hydrogens is 347 g/mol. The largest absolute Gasteiger partial charge is 0.416 e. The van der Waals surface area contributed by atoms with Gasteiger partial charge < -0.3 is 15.1 Å². The van der Waals surface area contributed by atoms with Crippen LogP contribution >= 0.6 is 12.4 Å². The molecule has 1 aliphatic rings. The quantitative estimate of drug-likeness (QED) is 0.886. The first-order valence-electron chi connectivity index (χ1n) is 7.22. The second kappa shape index (κ2) is 8.34. The number of benzene rings is 1. The summed E-state index contributed by atoms with van der Waals surface area (Å²) in [6.45, 7) is 1.83. The van der Waals surface area contributed by atoms with Crippen LogP contribution in [0.2, 0.25) is 0 Å². The van der Waals surface area contributed by atoms with Crippen LogP contribution in [0, 0.1) is 0 Å². The van der Waals surface area contributed by atoms with Crippen LogP contribution in [0.1, 0.15) is 15.9 Å². The van der Waals surface area contributed by atoms with Crippen molar-refractivity contribution >= 4 is 24.2 Å². The van der Waals surface area contributed by atoms with Crippen LogP contribution in [0.15, 0.2) is 24.3 Å². The zero-order valence-corrected chi connectivity index (χ0v) is 13.9. The lowest BCUT2D eigenvalue weighted by Crippen LogP contribution is -2.52. The Hall–Kier alpha value is -1.80. The molecule has 0 bridgehead atoms. The van der Waals surface area contributed by atoms with Crippen molar-refractivity contribution < 1.29 is 22.8 Å². The highest BCUT2D eigenvalue weighted by Gasteiger charge is 2.31. The Kier molecular flexibility index (Phi) is 7.04. The van der Waals surface area contributed by atoms with E-state index >= 15 is 0 Å². The van der Waals surface area contributed by atoms with Gasteiger partial charge >= 0.3 is 6.18 Å². The minimum Gasteiger partial charge on any atom is -0.338 e. The van der Waals surface area contributed by atoms with Crippen LogP contribution < -0.4 is 5.32 Å². The SMILES string of the molecule is CNCC(=O)N1CCN(C(=O)c2ccc(C(F)(F)F)cc2)CC1.Cl. The molecule has 1 N–H and O–H groups in total. The maximum absolute atomic E-state index is 12.5. The number of hydrogen-bond donors (Lipinski definition) is 1. The molecule has 1 aliphatic heterocycles. The van der Waals surface area contributed by atoms with E-state index in [0.717, 1.165) is 12.1 Å². The van der Waals surface area contributed by atoms with E-state index in [1.54, 1.807) is 16.8 Å². The summed E-state index contributed by atoms with van der Waals surface area (Å²) in [4.78, 5) is 27.2. The second-order valence-electron chi connectivity index (χ2n) is 5.28. The number of nitrogens with one attached hydrogen (secondary N) is 1. The first-order chi connectivity index (χ1) is 10.8. The first kappa shape index (κ1) is 20.2. The fourth-order valence-electron chi connectivity index (χ4n) is 2.41. The minimum atomic E-state index is -4.42. The molecule has 24 heavy (non-hydrogen) atoms. The first-order valence-corrected chi connectivity index (χ1v) is 7.22. The molecule has 5 nitrogen and oxygen atoms in total. The average molecular weight is 366 g/mol. The molecule has 9 heteroatoms. The van der Waals surface area contributed by atoms with Gasteiger partial charge in [0.25, 0.3) is 5.91 Å². The Morgan fingerprint density at radius 1 is 1.04 bits per heavy atom. The fourth-order valence-corrected chi connectivity index (χ4v) is 2.41. The Balaban J connectivity index is 0.00000288. The Bertz CT molecular complexity index is 570. The molecule has 1 saturated heterocycles. The molecule has 0 radical (unpaired) electrons. The highest BCUT2D eigenvalue weighted by Crippen LogP contribution is 2.29. The maximum atomic E-state index is 12.5. The van der Waals surface area contributed by atoms with E-state index in [-0.39, 0.29) is 36.3 Å². The molecule has 2 amide bonds. The summed E-state index contributed by atoms with van der Waals surface area (Å²) in [5.41, 5.74) is -0.565. The van der Waals surface area contributed by atoms with Gasteiger partial charge in [-0.25, -0.2) is 0 Å². The second-order valence-corrected chi connectivity index (χ2v) is 5.28. The van der Waals surface area contributed by atoms with Crippen molar-refractivity contribution in [3.8, 4) is 0 Å². The van der Waals surface area contributed by atoms with E-state index in [1.165, 1.54) is 12.1 Å². The highest BCUT2D eigenvalue weighted by atomic mass is 35.5. The number of carbonyl (C=O) groups is 2. The van der Waals surface area contributed by atoms with Crippen LogP contribution in [-0.4, -0.2) is 61.4 Å². The summed E-state index contributed by atoms with van der Waals surface area (Å²) < 4.78 is 37.6. The molecule has 0 aliphatic carbocycles. The lowest BCUT2D eigenvalue weighted by atomic mass is 10.1. The molecule has 2 rings (SSSR count). The van der Waals surface area contributed by atoms with Gasteiger partial charge in [0.15, 0.2) is 0 Å². The van der Waals surface area contributed by atoms with Gasteiger partial charge in [-0.3, -0.25) is 9.59 Å². The predicted molar refractivity (Wildman–Crippen MR) is 85.1 cm³/mol. The number of rotatable bonds is 3. The van der Waals surface area contributed by atoms with Crippen molar-refractivity contribution in [1.82, 2.24) is 15.1 Å². The normalized spacial score (nSPS) is 15.0. The van der Waals surface area contributed by atoms with Gasteiger partial charge in [0.05, 0.1) is 12.1 Å². The molecule has 1 heterocycles. The third-order valence-corrected chi connectivity index (χ3v) is 3.71. The third-order valence-electron chi connectivity index (χ3n) is 3.71. The molecule has 1 fully saturated rings. The van der Waals surface area contributed by atoms with Gasteiger partial charge in [0.2, 0.25) is 5.91 Å². The average Bonchev–Trinajstić information content (AvgIpc) is 2.54. The number of alkyl halides is 3. The van der Waals surface area contributed by atoms with Crippen LogP contribution in [0.25, 0.3) is 0 Å². The summed E-state index contributed by atoms with van der Waals surface area (Å²) in [7, 11) is 1.68. The lowest BCUT2D eigenvalue weighted by molar-refractivity contribution is -0.137. The molecule has 0 aromatic heterocycles. The summed E-state index contributed by atoms with van der Waals surface area (Å²) in [5.74, 6) is -0.353. The molecule has 0 unspecified atom stereocenters. The molecular formula is C15H19ClF3N3O2. The van der Waals surface area contributed by atoms with E-state index in [4.69, 9.17) is 0 Å². The lowest BCUT2D eigenvalue weighted by Gasteiger charge is -2.34. The van der Waals surface area contributed by atoms with Gasteiger partial charge in [-0.1, -0.05) is 0 Å². The van der Waals surface area contributed by atoms with Crippen molar-refractivity contribution in [3.63, 3.8) is 0 Å². The number of hydrogen-bond acceptors (Lipinski definition) is 3.